The summed E-state index contributed by atoms with van der Waals surface area (Å²) in [6.07, 6.45) is 3.71. The Bertz CT molecular complexity index is 377. The van der Waals surface area contributed by atoms with Gasteiger partial charge in [0.15, 0.2) is 11.5 Å². The summed E-state index contributed by atoms with van der Waals surface area (Å²) in [6, 6.07) is 3.60. The van der Waals surface area contributed by atoms with Crippen molar-refractivity contribution in [1.82, 2.24) is 0 Å². The molecule has 0 saturated carbocycles. The van der Waals surface area contributed by atoms with Gasteiger partial charge in [0.2, 0.25) is 0 Å². The zero-order valence-electron chi connectivity index (χ0n) is 9.91. The molecule has 0 radical (unpaired) electrons. The Morgan fingerprint density at radius 3 is 2.82 bits per heavy atom. The van der Waals surface area contributed by atoms with Crippen LogP contribution in [0.3, 0.4) is 0 Å². The average Bonchev–Trinajstić information content (AvgIpc) is 2.35. The third-order valence-corrected chi connectivity index (χ3v) is 2.86. The molecule has 0 aromatic heterocycles. The average molecular weight is 301 g/mol. The zero-order chi connectivity index (χ0) is 12.7. The maximum absolute atomic E-state index is 9.09. The lowest BCUT2D eigenvalue weighted by molar-refractivity contribution is 0.275. The molecule has 94 valence electrons. The summed E-state index contributed by atoms with van der Waals surface area (Å²) < 4.78 is 11.7. The van der Waals surface area contributed by atoms with E-state index in [0.29, 0.717) is 18.1 Å². The number of benzene rings is 1. The number of halogens is 1. The van der Waals surface area contributed by atoms with E-state index >= 15 is 0 Å². The first-order chi connectivity index (χ1) is 8.22. The molecule has 0 aliphatic heterocycles. The molecule has 0 fully saturated rings. The molecule has 1 aromatic carbocycles. The normalized spacial score (nSPS) is 10.1. The topological polar surface area (TPSA) is 38.7 Å². The monoisotopic (exact) mass is 300 g/mol. The lowest BCUT2D eigenvalue weighted by Gasteiger charge is -2.13. The Morgan fingerprint density at radius 1 is 1.47 bits per heavy atom. The minimum atomic E-state index is -0.0221. The maximum atomic E-state index is 9.09. The second kappa shape index (κ2) is 7.35. The van der Waals surface area contributed by atoms with Crippen molar-refractivity contribution < 1.29 is 14.6 Å². The van der Waals surface area contributed by atoms with Gasteiger partial charge in [-0.2, -0.15) is 0 Å². The first-order valence-corrected chi connectivity index (χ1v) is 6.23. The van der Waals surface area contributed by atoms with Crippen molar-refractivity contribution in [2.24, 2.45) is 0 Å². The van der Waals surface area contributed by atoms with E-state index in [4.69, 9.17) is 14.6 Å². The Hall–Kier alpha value is -1.00. The summed E-state index contributed by atoms with van der Waals surface area (Å²) in [5.74, 6) is 1.30. The Labute approximate surface area is 110 Å². The van der Waals surface area contributed by atoms with Crippen molar-refractivity contribution in [1.29, 1.82) is 0 Å². The number of rotatable bonds is 7. The molecule has 1 aromatic rings. The first-order valence-electron chi connectivity index (χ1n) is 5.44. The van der Waals surface area contributed by atoms with Crippen LogP contribution in [0.4, 0.5) is 0 Å². The van der Waals surface area contributed by atoms with Gasteiger partial charge in [-0.25, -0.2) is 0 Å². The third kappa shape index (κ3) is 4.06. The zero-order valence-corrected chi connectivity index (χ0v) is 11.5. The van der Waals surface area contributed by atoms with Crippen molar-refractivity contribution >= 4 is 15.9 Å². The summed E-state index contributed by atoms with van der Waals surface area (Å²) in [7, 11) is 1.58. The highest BCUT2D eigenvalue weighted by atomic mass is 79.9. The van der Waals surface area contributed by atoms with Crippen molar-refractivity contribution in [2.75, 3.05) is 13.7 Å². The molecule has 0 bridgehead atoms. The first kappa shape index (κ1) is 14.1. The van der Waals surface area contributed by atoms with E-state index in [1.165, 1.54) is 0 Å². The van der Waals surface area contributed by atoms with Crippen molar-refractivity contribution in [3.8, 4) is 11.5 Å². The van der Waals surface area contributed by atoms with Crippen LogP contribution in [0.1, 0.15) is 18.4 Å². The van der Waals surface area contributed by atoms with E-state index in [9.17, 15) is 0 Å². The van der Waals surface area contributed by atoms with E-state index in [2.05, 4.69) is 22.5 Å². The molecule has 0 saturated heterocycles. The van der Waals surface area contributed by atoms with E-state index in [1.807, 2.05) is 12.1 Å². The van der Waals surface area contributed by atoms with Gasteiger partial charge in [-0.1, -0.05) is 6.08 Å². The fourth-order valence-electron chi connectivity index (χ4n) is 1.41. The van der Waals surface area contributed by atoms with E-state index in [-0.39, 0.29) is 6.61 Å². The number of allylic oxidation sites excluding steroid dienone is 1. The third-order valence-electron chi connectivity index (χ3n) is 2.27. The maximum Gasteiger partial charge on any atom is 0.175 e. The summed E-state index contributed by atoms with van der Waals surface area (Å²) in [5.41, 5.74) is 0.784. The standard InChI is InChI=1S/C13H17BrO3/c1-3-4-5-6-17-13-11(14)7-10(9-15)8-12(13)16-2/h3,7-8,15H,1,4-6,9H2,2H3. The quantitative estimate of drug-likeness (QED) is 0.620. The van der Waals surface area contributed by atoms with Crippen LogP contribution in [0.5, 0.6) is 11.5 Å². The molecule has 4 heteroatoms. The summed E-state index contributed by atoms with van der Waals surface area (Å²) in [6.45, 7) is 4.25. The molecule has 0 amide bonds. The molecule has 0 unspecified atom stereocenters. The smallest absolute Gasteiger partial charge is 0.175 e. The molecule has 0 aliphatic carbocycles. The number of ether oxygens (including phenoxy) is 2. The second-order valence-electron chi connectivity index (χ2n) is 3.55. The molecule has 0 heterocycles. The van der Waals surface area contributed by atoms with Gasteiger partial charge in [0.1, 0.15) is 0 Å². The van der Waals surface area contributed by atoms with E-state index in [1.54, 1.807) is 13.2 Å². The summed E-state index contributed by atoms with van der Waals surface area (Å²) >= 11 is 3.41. The predicted molar refractivity (Wildman–Crippen MR) is 71.5 cm³/mol. The van der Waals surface area contributed by atoms with Gasteiger partial charge in [0.25, 0.3) is 0 Å². The molecule has 1 N–H and O–H groups in total. The highest BCUT2D eigenvalue weighted by Gasteiger charge is 2.11. The molecular formula is C13H17BrO3. The van der Waals surface area contributed by atoms with Crippen LogP contribution in [0.25, 0.3) is 0 Å². The van der Waals surface area contributed by atoms with Gasteiger partial charge >= 0.3 is 0 Å². The number of unbranched alkanes of at least 4 members (excludes halogenated alkanes) is 1. The van der Waals surface area contributed by atoms with Crippen LogP contribution in [0.15, 0.2) is 29.3 Å². The molecule has 0 atom stereocenters. The van der Waals surface area contributed by atoms with Gasteiger partial charge in [-0.15, -0.1) is 6.58 Å². The van der Waals surface area contributed by atoms with Gasteiger partial charge in [-0.05, 0) is 46.5 Å². The number of hydrogen-bond acceptors (Lipinski definition) is 3. The van der Waals surface area contributed by atoms with Crippen LogP contribution >= 0.6 is 15.9 Å². The lowest BCUT2D eigenvalue weighted by Crippen LogP contribution is -2.00. The number of aliphatic hydroxyl groups is 1. The number of methoxy groups -OCH3 is 1. The van der Waals surface area contributed by atoms with Crippen LogP contribution in [-0.2, 0) is 6.61 Å². The van der Waals surface area contributed by atoms with Crippen molar-refractivity contribution in [3.05, 3.63) is 34.8 Å². The molecule has 0 spiro atoms. The van der Waals surface area contributed by atoms with Crippen molar-refractivity contribution in [2.45, 2.75) is 19.4 Å². The SMILES string of the molecule is C=CCCCOc1c(Br)cc(CO)cc1OC. The predicted octanol–water partition coefficient (Wildman–Crippen LogP) is 3.30. The Morgan fingerprint density at radius 2 is 2.24 bits per heavy atom. The summed E-state index contributed by atoms with van der Waals surface area (Å²) in [5, 5.41) is 9.09. The highest BCUT2D eigenvalue weighted by molar-refractivity contribution is 9.10. The van der Waals surface area contributed by atoms with Crippen LogP contribution in [0.2, 0.25) is 0 Å². The summed E-state index contributed by atoms with van der Waals surface area (Å²) in [4.78, 5) is 0. The number of hydrogen-bond donors (Lipinski definition) is 1. The largest absolute Gasteiger partial charge is 0.493 e. The molecule has 0 aliphatic rings. The fourth-order valence-corrected chi connectivity index (χ4v) is 2.01. The molecular weight excluding hydrogens is 284 g/mol. The van der Waals surface area contributed by atoms with Gasteiger partial charge in [0.05, 0.1) is 24.8 Å². The van der Waals surface area contributed by atoms with Gasteiger partial charge in [-0.3, -0.25) is 0 Å². The van der Waals surface area contributed by atoms with Crippen molar-refractivity contribution in [3.63, 3.8) is 0 Å². The molecule has 3 nitrogen and oxygen atoms in total. The fraction of sp³-hybridized carbons (Fsp3) is 0.385. The van der Waals surface area contributed by atoms with Gasteiger partial charge in [0, 0.05) is 0 Å². The second-order valence-corrected chi connectivity index (χ2v) is 4.40. The lowest BCUT2D eigenvalue weighted by atomic mass is 10.2. The van der Waals surface area contributed by atoms with Crippen LogP contribution in [-0.4, -0.2) is 18.8 Å². The van der Waals surface area contributed by atoms with Crippen LogP contribution < -0.4 is 9.47 Å². The minimum Gasteiger partial charge on any atom is -0.493 e. The minimum absolute atomic E-state index is 0.0221. The van der Waals surface area contributed by atoms with Crippen LogP contribution in [0, 0.1) is 0 Å². The van der Waals surface area contributed by atoms with E-state index < -0.39 is 0 Å². The molecule has 17 heavy (non-hydrogen) atoms. The number of aliphatic hydroxyl groups excluding tert-OH is 1. The van der Waals surface area contributed by atoms with E-state index in [0.717, 1.165) is 22.9 Å². The molecule has 1 rings (SSSR count). The Balaban J connectivity index is 2.78. The Kier molecular flexibility index (Phi) is 6.08. The highest BCUT2D eigenvalue weighted by Crippen LogP contribution is 2.36. The van der Waals surface area contributed by atoms with Gasteiger partial charge < -0.3 is 14.6 Å².